The third-order valence-corrected chi connectivity index (χ3v) is 4.29. The molecule has 0 aliphatic heterocycles. The monoisotopic (exact) mass is 378 g/mol. The summed E-state index contributed by atoms with van der Waals surface area (Å²) in [7, 11) is 1.65. The van der Waals surface area contributed by atoms with Gasteiger partial charge in [0.15, 0.2) is 6.10 Å². The van der Waals surface area contributed by atoms with Crippen LogP contribution in [0.4, 0.5) is 11.4 Å². The number of hydrogen-bond donors (Lipinski definition) is 1. The number of furan rings is 1. The number of esters is 1. The SMILES string of the molecule is C[C@H](OC(=O)c1ccccc1NCc1ccco1)C(=O)N(C)c1ccccc1. The molecule has 2 aromatic carbocycles. The predicted molar refractivity (Wildman–Crippen MR) is 107 cm³/mol. The number of anilines is 2. The first-order valence-corrected chi connectivity index (χ1v) is 8.95. The fraction of sp³-hybridized carbons (Fsp3) is 0.182. The largest absolute Gasteiger partial charge is 0.467 e. The Balaban J connectivity index is 1.66. The summed E-state index contributed by atoms with van der Waals surface area (Å²) < 4.78 is 10.7. The molecule has 1 aromatic heterocycles. The van der Waals surface area contributed by atoms with E-state index in [4.69, 9.17) is 9.15 Å². The van der Waals surface area contributed by atoms with Crippen LogP contribution in [0.2, 0.25) is 0 Å². The number of nitrogens with one attached hydrogen (secondary N) is 1. The van der Waals surface area contributed by atoms with Gasteiger partial charge in [0.05, 0.1) is 18.4 Å². The number of hydrogen-bond acceptors (Lipinski definition) is 5. The van der Waals surface area contributed by atoms with Crippen molar-refractivity contribution in [1.29, 1.82) is 0 Å². The van der Waals surface area contributed by atoms with Gasteiger partial charge in [0, 0.05) is 18.4 Å². The molecule has 1 heterocycles. The zero-order valence-electron chi connectivity index (χ0n) is 15.8. The van der Waals surface area contributed by atoms with E-state index in [1.807, 2.05) is 42.5 Å². The number of nitrogens with zero attached hydrogens (tertiary/aromatic N) is 1. The van der Waals surface area contributed by atoms with E-state index in [-0.39, 0.29) is 5.91 Å². The third-order valence-electron chi connectivity index (χ3n) is 4.29. The van der Waals surface area contributed by atoms with E-state index in [2.05, 4.69) is 5.32 Å². The van der Waals surface area contributed by atoms with Crippen molar-refractivity contribution < 1.29 is 18.7 Å². The van der Waals surface area contributed by atoms with E-state index < -0.39 is 12.1 Å². The first kappa shape index (κ1) is 19.2. The van der Waals surface area contributed by atoms with Crippen molar-refractivity contribution in [2.24, 2.45) is 0 Å². The molecule has 0 aliphatic rings. The Morgan fingerprint density at radius 2 is 1.75 bits per heavy atom. The standard InChI is InChI=1S/C22H22N2O4/c1-16(21(25)24(2)17-9-4-3-5-10-17)28-22(26)19-12-6-7-13-20(19)23-15-18-11-8-14-27-18/h3-14,16,23H,15H2,1-2H3/t16-/m0/s1. The van der Waals surface area contributed by atoms with Crippen LogP contribution in [0.5, 0.6) is 0 Å². The van der Waals surface area contributed by atoms with E-state index >= 15 is 0 Å². The Morgan fingerprint density at radius 1 is 1.04 bits per heavy atom. The second-order valence-electron chi connectivity index (χ2n) is 6.26. The lowest BCUT2D eigenvalue weighted by Crippen LogP contribution is -2.37. The molecule has 0 aliphatic carbocycles. The van der Waals surface area contributed by atoms with Crippen molar-refractivity contribution in [3.8, 4) is 0 Å². The number of benzene rings is 2. The normalized spacial score (nSPS) is 11.5. The van der Waals surface area contributed by atoms with Crippen molar-refractivity contribution in [1.82, 2.24) is 0 Å². The molecule has 1 N–H and O–H groups in total. The second kappa shape index (κ2) is 8.90. The molecule has 3 rings (SSSR count). The molecule has 1 atom stereocenters. The van der Waals surface area contributed by atoms with Gasteiger partial charge in [0.25, 0.3) is 5.91 Å². The van der Waals surface area contributed by atoms with Crippen LogP contribution >= 0.6 is 0 Å². The summed E-state index contributed by atoms with van der Waals surface area (Å²) >= 11 is 0. The summed E-state index contributed by atoms with van der Waals surface area (Å²) in [6.45, 7) is 2.00. The highest BCUT2D eigenvalue weighted by molar-refractivity contribution is 6.00. The highest BCUT2D eigenvalue weighted by atomic mass is 16.5. The quantitative estimate of drug-likeness (QED) is 0.627. The van der Waals surface area contributed by atoms with Gasteiger partial charge in [-0.3, -0.25) is 4.79 Å². The number of carbonyl (C=O) groups is 2. The lowest BCUT2D eigenvalue weighted by Gasteiger charge is -2.22. The van der Waals surface area contributed by atoms with Crippen molar-refractivity contribution in [2.75, 3.05) is 17.3 Å². The van der Waals surface area contributed by atoms with Crippen LogP contribution in [-0.4, -0.2) is 25.0 Å². The van der Waals surface area contributed by atoms with Crippen LogP contribution in [0.3, 0.4) is 0 Å². The van der Waals surface area contributed by atoms with Crippen molar-refractivity contribution >= 4 is 23.3 Å². The second-order valence-corrected chi connectivity index (χ2v) is 6.26. The molecule has 0 saturated heterocycles. The minimum absolute atomic E-state index is 0.305. The maximum atomic E-state index is 12.6. The van der Waals surface area contributed by atoms with Crippen LogP contribution in [0, 0.1) is 0 Å². The Bertz CT molecular complexity index is 923. The van der Waals surface area contributed by atoms with Gasteiger partial charge in [-0.15, -0.1) is 0 Å². The highest BCUT2D eigenvalue weighted by Crippen LogP contribution is 2.19. The van der Waals surface area contributed by atoms with Crippen LogP contribution in [0.15, 0.2) is 77.4 Å². The first-order valence-electron chi connectivity index (χ1n) is 8.95. The highest BCUT2D eigenvalue weighted by Gasteiger charge is 2.24. The molecule has 1 amide bonds. The molecular formula is C22H22N2O4. The lowest BCUT2D eigenvalue weighted by molar-refractivity contribution is -0.126. The summed E-state index contributed by atoms with van der Waals surface area (Å²) in [5, 5.41) is 3.16. The van der Waals surface area contributed by atoms with Gasteiger partial charge in [0.1, 0.15) is 5.76 Å². The van der Waals surface area contributed by atoms with Gasteiger partial charge >= 0.3 is 5.97 Å². The van der Waals surface area contributed by atoms with Crippen LogP contribution < -0.4 is 10.2 Å². The average Bonchev–Trinajstić information content (AvgIpc) is 3.25. The molecule has 28 heavy (non-hydrogen) atoms. The van der Waals surface area contributed by atoms with Crippen molar-refractivity contribution in [3.63, 3.8) is 0 Å². The lowest BCUT2D eigenvalue weighted by atomic mass is 10.1. The minimum atomic E-state index is -0.921. The van der Waals surface area contributed by atoms with Gasteiger partial charge in [-0.25, -0.2) is 4.79 Å². The van der Waals surface area contributed by atoms with E-state index in [1.54, 1.807) is 44.5 Å². The molecule has 3 aromatic rings. The summed E-state index contributed by atoms with van der Waals surface area (Å²) in [6, 6.07) is 19.8. The maximum Gasteiger partial charge on any atom is 0.341 e. The molecule has 144 valence electrons. The number of carbonyl (C=O) groups excluding carboxylic acids is 2. The number of rotatable bonds is 7. The van der Waals surface area contributed by atoms with Crippen molar-refractivity contribution in [3.05, 3.63) is 84.3 Å². The molecule has 6 nitrogen and oxygen atoms in total. The molecule has 0 unspecified atom stereocenters. The summed E-state index contributed by atoms with van der Waals surface area (Å²) in [4.78, 5) is 26.7. The molecule has 0 spiro atoms. The van der Waals surface area contributed by atoms with Crippen LogP contribution in [-0.2, 0) is 16.1 Å². The third kappa shape index (κ3) is 4.59. The van der Waals surface area contributed by atoms with E-state index in [9.17, 15) is 9.59 Å². The van der Waals surface area contributed by atoms with E-state index in [0.717, 1.165) is 11.4 Å². The van der Waals surface area contributed by atoms with Crippen LogP contribution in [0.25, 0.3) is 0 Å². The van der Waals surface area contributed by atoms with Gasteiger partial charge < -0.3 is 19.4 Å². The Morgan fingerprint density at radius 3 is 2.46 bits per heavy atom. The summed E-state index contributed by atoms with van der Waals surface area (Å²) in [5.74, 6) is -0.123. The zero-order valence-corrected chi connectivity index (χ0v) is 15.8. The van der Waals surface area contributed by atoms with Gasteiger partial charge in [0.2, 0.25) is 0 Å². The molecule has 0 saturated carbocycles. The predicted octanol–water partition coefficient (Wildman–Crippen LogP) is 4.10. The Kier molecular flexibility index (Phi) is 6.11. The number of likely N-dealkylation sites (N-methyl/N-ethyl adjacent to an activating group) is 1. The molecular weight excluding hydrogens is 356 g/mol. The van der Waals surface area contributed by atoms with Gasteiger partial charge in [-0.2, -0.15) is 0 Å². The summed E-state index contributed by atoms with van der Waals surface area (Å²) in [5.41, 5.74) is 1.70. The maximum absolute atomic E-state index is 12.6. The van der Waals surface area contributed by atoms with Gasteiger partial charge in [-0.05, 0) is 43.3 Å². The zero-order chi connectivity index (χ0) is 19.9. The molecule has 0 fully saturated rings. The Labute approximate surface area is 163 Å². The molecule has 6 heteroatoms. The van der Waals surface area contributed by atoms with Crippen molar-refractivity contribution in [2.45, 2.75) is 19.6 Å². The van der Waals surface area contributed by atoms with E-state index in [1.165, 1.54) is 4.90 Å². The summed E-state index contributed by atoms with van der Waals surface area (Å²) in [6.07, 6.45) is 0.670. The number of ether oxygens (including phenoxy) is 1. The minimum Gasteiger partial charge on any atom is -0.467 e. The smallest absolute Gasteiger partial charge is 0.341 e. The number of para-hydroxylation sites is 2. The fourth-order valence-electron chi connectivity index (χ4n) is 2.74. The van der Waals surface area contributed by atoms with Gasteiger partial charge in [-0.1, -0.05) is 30.3 Å². The van der Waals surface area contributed by atoms with Crippen LogP contribution in [0.1, 0.15) is 23.0 Å². The van der Waals surface area contributed by atoms with E-state index in [0.29, 0.717) is 17.8 Å². The Hall–Kier alpha value is -3.54. The topological polar surface area (TPSA) is 71.8 Å². The first-order chi connectivity index (χ1) is 13.6. The molecule has 0 radical (unpaired) electrons. The fourth-order valence-corrected chi connectivity index (χ4v) is 2.74. The molecule has 0 bridgehead atoms. The number of amides is 1. The average molecular weight is 378 g/mol.